The Morgan fingerprint density at radius 2 is 1.93 bits per heavy atom. The molecule has 0 saturated heterocycles. The van der Waals surface area contributed by atoms with E-state index < -0.39 is 11.6 Å². The van der Waals surface area contributed by atoms with Crippen molar-refractivity contribution in [1.82, 2.24) is 0 Å². The third-order valence-electron chi connectivity index (χ3n) is 2.57. The van der Waals surface area contributed by atoms with Crippen molar-refractivity contribution >= 4 is 0 Å². The van der Waals surface area contributed by atoms with Crippen LogP contribution in [0.5, 0.6) is 0 Å². The summed E-state index contributed by atoms with van der Waals surface area (Å²) in [5.41, 5.74) is 6.28. The first-order chi connectivity index (χ1) is 7.13. The van der Waals surface area contributed by atoms with Crippen molar-refractivity contribution in [2.75, 3.05) is 6.54 Å². The normalized spacial score (nSPS) is 12.8. The van der Waals surface area contributed by atoms with E-state index in [1.165, 1.54) is 12.1 Å². The van der Waals surface area contributed by atoms with E-state index in [9.17, 15) is 8.78 Å². The topological polar surface area (TPSA) is 26.0 Å². The summed E-state index contributed by atoms with van der Waals surface area (Å²) in [4.78, 5) is 0. The van der Waals surface area contributed by atoms with Crippen molar-refractivity contribution in [1.29, 1.82) is 0 Å². The van der Waals surface area contributed by atoms with E-state index in [2.05, 4.69) is 6.92 Å². The molecule has 84 valence electrons. The van der Waals surface area contributed by atoms with Crippen molar-refractivity contribution in [3.05, 3.63) is 35.4 Å². The van der Waals surface area contributed by atoms with Crippen LogP contribution in [0, 0.1) is 17.6 Å². The lowest BCUT2D eigenvalue weighted by molar-refractivity contribution is 0.491. The van der Waals surface area contributed by atoms with Gasteiger partial charge in [0, 0.05) is 0 Å². The fraction of sp³-hybridized carbons (Fsp3) is 0.500. The monoisotopic (exact) mass is 213 g/mol. The molecule has 0 heterocycles. The van der Waals surface area contributed by atoms with Crippen molar-refractivity contribution in [3.63, 3.8) is 0 Å². The lowest BCUT2D eigenvalue weighted by atomic mass is 9.98. The molecule has 0 aromatic heterocycles. The smallest absolute Gasteiger partial charge is 0.159 e. The van der Waals surface area contributed by atoms with Gasteiger partial charge in [-0.25, -0.2) is 8.78 Å². The number of hydrogen-bond donors (Lipinski definition) is 1. The van der Waals surface area contributed by atoms with Crippen LogP contribution in [0.25, 0.3) is 0 Å². The van der Waals surface area contributed by atoms with Crippen molar-refractivity contribution in [3.8, 4) is 0 Å². The summed E-state index contributed by atoms with van der Waals surface area (Å²) in [6.07, 6.45) is 2.71. The van der Waals surface area contributed by atoms with Gasteiger partial charge in [-0.1, -0.05) is 13.0 Å². The molecule has 3 heteroatoms. The average Bonchev–Trinajstić information content (AvgIpc) is 2.20. The summed E-state index contributed by atoms with van der Waals surface area (Å²) in [6, 6.07) is 4.08. The number of halogens is 2. The Morgan fingerprint density at radius 3 is 2.53 bits per heavy atom. The highest BCUT2D eigenvalue weighted by atomic mass is 19.2. The molecule has 1 rings (SSSR count). The van der Waals surface area contributed by atoms with E-state index in [0.717, 1.165) is 24.8 Å². The molecule has 1 nitrogen and oxygen atoms in total. The van der Waals surface area contributed by atoms with Gasteiger partial charge in [-0.3, -0.25) is 0 Å². The first-order valence-electron chi connectivity index (χ1n) is 5.27. The van der Waals surface area contributed by atoms with Crippen LogP contribution in [0.1, 0.15) is 25.3 Å². The molecule has 1 aromatic rings. The molecule has 0 aliphatic carbocycles. The zero-order valence-corrected chi connectivity index (χ0v) is 8.97. The molecule has 1 unspecified atom stereocenters. The predicted molar refractivity (Wildman–Crippen MR) is 57.5 cm³/mol. The van der Waals surface area contributed by atoms with Crippen LogP contribution < -0.4 is 5.73 Å². The number of hydrogen-bond acceptors (Lipinski definition) is 1. The molecule has 15 heavy (non-hydrogen) atoms. The fourth-order valence-corrected chi connectivity index (χ4v) is 1.54. The van der Waals surface area contributed by atoms with Gasteiger partial charge in [0.2, 0.25) is 0 Å². The zero-order valence-electron chi connectivity index (χ0n) is 8.97. The Labute approximate surface area is 89.3 Å². The molecule has 0 aliphatic rings. The molecule has 1 atom stereocenters. The van der Waals surface area contributed by atoms with E-state index in [1.54, 1.807) is 6.07 Å². The first-order valence-corrected chi connectivity index (χ1v) is 5.27. The quantitative estimate of drug-likeness (QED) is 0.799. The molecule has 0 amide bonds. The largest absolute Gasteiger partial charge is 0.330 e. The number of nitrogens with two attached hydrogens (primary N) is 1. The number of benzene rings is 1. The second-order valence-electron chi connectivity index (χ2n) is 3.97. The SMILES string of the molecule is CC(CCN)CCc1ccc(F)c(F)c1. The standard InChI is InChI=1S/C12H17F2N/c1-9(6-7-15)2-3-10-4-5-11(13)12(14)8-10/h4-5,8-9H,2-3,6-7,15H2,1H3. The summed E-state index contributed by atoms with van der Waals surface area (Å²) >= 11 is 0. The Hall–Kier alpha value is -0.960. The van der Waals surface area contributed by atoms with E-state index in [1.807, 2.05) is 0 Å². The van der Waals surface area contributed by atoms with Crippen LogP contribution in [0.3, 0.4) is 0 Å². The fourth-order valence-electron chi connectivity index (χ4n) is 1.54. The Kier molecular flexibility index (Phi) is 4.69. The Morgan fingerprint density at radius 1 is 1.20 bits per heavy atom. The summed E-state index contributed by atoms with van der Waals surface area (Å²) < 4.78 is 25.5. The van der Waals surface area contributed by atoms with Gasteiger partial charge >= 0.3 is 0 Å². The molecule has 0 bridgehead atoms. The van der Waals surface area contributed by atoms with E-state index in [-0.39, 0.29) is 0 Å². The van der Waals surface area contributed by atoms with Gasteiger partial charge < -0.3 is 5.73 Å². The molecule has 0 spiro atoms. The lowest BCUT2D eigenvalue weighted by Gasteiger charge is -2.09. The molecule has 0 fully saturated rings. The van der Waals surface area contributed by atoms with Gasteiger partial charge in [-0.05, 0) is 49.4 Å². The van der Waals surface area contributed by atoms with Crippen molar-refractivity contribution in [2.24, 2.45) is 11.7 Å². The maximum absolute atomic E-state index is 12.9. The van der Waals surface area contributed by atoms with Crippen LogP contribution in [-0.4, -0.2) is 6.54 Å². The van der Waals surface area contributed by atoms with E-state index in [0.29, 0.717) is 12.5 Å². The molecule has 0 radical (unpaired) electrons. The molecule has 1 aromatic carbocycles. The van der Waals surface area contributed by atoms with Crippen LogP contribution >= 0.6 is 0 Å². The molecule has 0 aliphatic heterocycles. The van der Waals surface area contributed by atoms with Gasteiger partial charge in [-0.15, -0.1) is 0 Å². The van der Waals surface area contributed by atoms with Gasteiger partial charge in [0.15, 0.2) is 11.6 Å². The third kappa shape index (κ3) is 3.96. The molecular formula is C12H17F2N. The summed E-state index contributed by atoms with van der Waals surface area (Å²) in [6.45, 7) is 2.80. The maximum atomic E-state index is 12.9. The van der Waals surface area contributed by atoms with E-state index >= 15 is 0 Å². The Bertz CT molecular complexity index is 312. The first kappa shape index (κ1) is 12.1. The lowest BCUT2D eigenvalue weighted by Crippen LogP contribution is -2.06. The van der Waals surface area contributed by atoms with Gasteiger partial charge in [-0.2, -0.15) is 0 Å². The van der Waals surface area contributed by atoms with Gasteiger partial charge in [0.05, 0.1) is 0 Å². The highest BCUT2D eigenvalue weighted by molar-refractivity contribution is 5.17. The Balaban J connectivity index is 2.47. The highest BCUT2D eigenvalue weighted by Gasteiger charge is 2.05. The summed E-state index contributed by atoms with van der Waals surface area (Å²) in [7, 11) is 0. The molecule has 0 saturated carbocycles. The van der Waals surface area contributed by atoms with Crippen LogP contribution in [0.15, 0.2) is 18.2 Å². The minimum Gasteiger partial charge on any atom is -0.330 e. The third-order valence-corrected chi connectivity index (χ3v) is 2.57. The molecular weight excluding hydrogens is 196 g/mol. The van der Waals surface area contributed by atoms with Crippen molar-refractivity contribution < 1.29 is 8.78 Å². The van der Waals surface area contributed by atoms with Crippen LogP contribution in [0.2, 0.25) is 0 Å². The van der Waals surface area contributed by atoms with E-state index in [4.69, 9.17) is 5.73 Å². The highest BCUT2D eigenvalue weighted by Crippen LogP contribution is 2.14. The van der Waals surface area contributed by atoms with Gasteiger partial charge in [0.1, 0.15) is 0 Å². The minimum absolute atomic E-state index is 0.531. The molecule has 2 N–H and O–H groups in total. The van der Waals surface area contributed by atoms with Crippen LogP contribution in [-0.2, 0) is 6.42 Å². The van der Waals surface area contributed by atoms with Gasteiger partial charge in [0.25, 0.3) is 0 Å². The summed E-state index contributed by atoms with van der Waals surface area (Å²) in [5, 5.41) is 0. The number of rotatable bonds is 5. The second-order valence-corrected chi connectivity index (χ2v) is 3.97. The predicted octanol–water partition coefficient (Wildman–Crippen LogP) is 2.88. The number of aryl methyl sites for hydroxylation is 1. The van der Waals surface area contributed by atoms with Crippen LogP contribution in [0.4, 0.5) is 8.78 Å². The maximum Gasteiger partial charge on any atom is 0.159 e. The zero-order chi connectivity index (χ0) is 11.3. The van der Waals surface area contributed by atoms with Crippen molar-refractivity contribution in [2.45, 2.75) is 26.2 Å². The summed E-state index contributed by atoms with van der Waals surface area (Å²) in [5.74, 6) is -1.02. The second kappa shape index (κ2) is 5.81. The minimum atomic E-state index is -0.784. The average molecular weight is 213 g/mol.